The molecule has 2 rings (SSSR count). The van der Waals surface area contributed by atoms with Gasteiger partial charge in [0.05, 0.1) is 27.2 Å². The lowest BCUT2D eigenvalue weighted by atomic mass is 9.87. The Bertz CT molecular complexity index is 872. The number of phosphoric acid groups is 1. The number of methoxy groups -OCH3 is 2. The van der Waals surface area contributed by atoms with Crippen molar-refractivity contribution in [1.82, 2.24) is 5.32 Å². The second-order valence-electron chi connectivity index (χ2n) is 7.88. The molecule has 0 unspecified atom stereocenters. The van der Waals surface area contributed by atoms with Crippen LogP contribution in [0.15, 0.2) is 24.3 Å². The van der Waals surface area contributed by atoms with Crippen molar-refractivity contribution in [3.05, 3.63) is 29.8 Å². The summed E-state index contributed by atoms with van der Waals surface area (Å²) >= 11 is 0. The van der Waals surface area contributed by atoms with Crippen molar-refractivity contribution in [3.63, 3.8) is 0 Å². The average Bonchev–Trinajstić information content (AvgIpc) is 2.76. The predicted molar refractivity (Wildman–Crippen MR) is 113 cm³/mol. The minimum atomic E-state index is -4.10. The van der Waals surface area contributed by atoms with E-state index in [0.29, 0.717) is 0 Å². The van der Waals surface area contributed by atoms with E-state index in [4.69, 9.17) is 19.3 Å². The zero-order chi connectivity index (χ0) is 23.9. The maximum Gasteiger partial charge on any atom is 0.530 e. The number of phosphoric ester groups is 1. The Hall–Kier alpha value is -2.46. The minimum Gasteiger partial charge on any atom is -0.469 e. The van der Waals surface area contributed by atoms with Crippen LogP contribution >= 0.6 is 7.82 Å². The molecular formula is C20H29N2O9P. The maximum atomic E-state index is 13.0. The molecule has 32 heavy (non-hydrogen) atoms. The Morgan fingerprint density at radius 2 is 1.88 bits per heavy atom. The molecule has 0 aromatic heterocycles. The maximum absolute atomic E-state index is 13.0. The van der Waals surface area contributed by atoms with Gasteiger partial charge < -0.3 is 25.0 Å². The Balaban J connectivity index is 2.02. The normalized spacial score (nSPS) is 23.0. The summed E-state index contributed by atoms with van der Waals surface area (Å²) < 4.78 is 38.4. The first-order valence-corrected chi connectivity index (χ1v) is 11.3. The van der Waals surface area contributed by atoms with Gasteiger partial charge in [-0.1, -0.05) is 26.0 Å². The number of amides is 1. The van der Waals surface area contributed by atoms with E-state index < -0.39 is 43.2 Å². The van der Waals surface area contributed by atoms with E-state index in [-0.39, 0.29) is 31.7 Å². The van der Waals surface area contributed by atoms with Gasteiger partial charge in [-0.05, 0) is 24.1 Å². The molecule has 1 saturated heterocycles. The van der Waals surface area contributed by atoms with E-state index in [2.05, 4.69) is 14.8 Å². The fraction of sp³-hybridized carbons (Fsp3) is 0.550. The second kappa shape index (κ2) is 10.9. The SMILES string of the molecule is COC(=O)CCNC(=O)[C@@H]1O[P@@](=O)(Oc2ccc(C[C@H](N)C(=O)OC)cc2)OCC1(C)C. The van der Waals surface area contributed by atoms with Crippen LogP contribution in [0.25, 0.3) is 0 Å². The Kier molecular flexibility index (Phi) is 8.80. The summed E-state index contributed by atoms with van der Waals surface area (Å²) in [6, 6.07) is 5.54. The van der Waals surface area contributed by atoms with Crippen molar-refractivity contribution < 1.29 is 42.0 Å². The number of hydrogen-bond donors (Lipinski definition) is 2. The molecule has 1 fully saturated rings. The summed E-state index contributed by atoms with van der Waals surface area (Å²) in [7, 11) is -1.59. The van der Waals surface area contributed by atoms with Crippen LogP contribution in [0.3, 0.4) is 0 Å². The molecule has 1 aliphatic rings. The number of benzene rings is 1. The Morgan fingerprint density at radius 1 is 1.22 bits per heavy atom. The Labute approximate surface area is 186 Å². The van der Waals surface area contributed by atoms with Crippen LogP contribution in [-0.4, -0.2) is 57.4 Å². The largest absolute Gasteiger partial charge is 0.530 e. The number of rotatable bonds is 9. The first-order valence-electron chi connectivity index (χ1n) is 9.89. The highest BCUT2D eigenvalue weighted by atomic mass is 31.2. The molecule has 1 aliphatic heterocycles. The van der Waals surface area contributed by atoms with Crippen molar-refractivity contribution >= 4 is 25.7 Å². The third-order valence-corrected chi connectivity index (χ3v) is 6.08. The van der Waals surface area contributed by atoms with Crippen molar-refractivity contribution in [2.75, 3.05) is 27.4 Å². The van der Waals surface area contributed by atoms with E-state index in [9.17, 15) is 18.9 Å². The van der Waals surface area contributed by atoms with Crippen molar-refractivity contribution in [2.45, 2.75) is 38.8 Å². The quantitative estimate of drug-likeness (QED) is 0.398. The number of nitrogens with one attached hydrogen (secondary N) is 1. The van der Waals surface area contributed by atoms with Crippen molar-refractivity contribution in [3.8, 4) is 5.75 Å². The van der Waals surface area contributed by atoms with Crippen LogP contribution in [0.5, 0.6) is 5.75 Å². The molecule has 1 heterocycles. The highest BCUT2D eigenvalue weighted by molar-refractivity contribution is 7.49. The summed E-state index contributed by atoms with van der Waals surface area (Å²) in [5.74, 6) is -1.36. The molecule has 0 aliphatic carbocycles. The van der Waals surface area contributed by atoms with Gasteiger partial charge in [0, 0.05) is 12.0 Å². The number of ether oxygens (including phenoxy) is 2. The molecular weight excluding hydrogens is 443 g/mol. The smallest absolute Gasteiger partial charge is 0.469 e. The monoisotopic (exact) mass is 472 g/mol. The minimum absolute atomic E-state index is 0.00790. The van der Waals surface area contributed by atoms with Crippen LogP contribution in [-0.2, 0) is 43.9 Å². The van der Waals surface area contributed by atoms with Gasteiger partial charge in [0.15, 0.2) is 6.10 Å². The van der Waals surface area contributed by atoms with Gasteiger partial charge in [-0.25, -0.2) is 4.57 Å². The van der Waals surface area contributed by atoms with Gasteiger partial charge in [-0.15, -0.1) is 0 Å². The molecule has 178 valence electrons. The van der Waals surface area contributed by atoms with Gasteiger partial charge in [0.1, 0.15) is 11.8 Å². The van der Waals surface area contributed by atoms with Crippen molar-refractivity contribution in [2.24, 2.45) is 11.1 Å². The lowest BCUT2D eigenvalue weighted by molar-refractivity contribution is -0.143. The van der Waals surface area contributed by atoms with Crippen LogP contribution in [0.4, 0.5) is 0 Å². The van der Waals surface area contributed by atoms with Crippen LogP contribution in [0.2, 0.25) is 0 Å². The summed E-state index contributed by atoms with van der Waals surface area (Å²) in [6.07, 6.45) is -0.886. The molecule has 0 spiro atoms. The summed E-state index contributed by atoms with van der Waals surface area (Å²) in [4.78, 5) is 35.2. The van der Waals surface area contributed by atoms with E-state index in [1.807, 2.05) is 0 Å². The number of carbonyl (C=O) groups is 3. The van der Waals surface area contributed by atoms with Gasteiger partial charge in [-0.3, -0.25) is 23.4 Å². The third kappa shape index (κ3) is 7.03. The van der Waals surface area contributed by atoms with E-state index in [0.717, 1.165) is 5.56 Å². The lowest BCUT2D eigenvalue weighted by Gasteiger charge is -2.39. The average molecular weight is 472 g/mol. The summed E-state index contributed by atoms with van der Waals surface area (Å²) in [5, 5.41) is 2.57. The van der Waals surface area contributed by atoms with E-state index in [1.165, 1.54) is 26.4 Å². The zero-order valence-electron chi connectivity index (χ0n) is 18.5. The van der Waals surface area contributed by atoms with E-state index >= 15 is 0 Å². The molecule has 12 heteroatoms. The van der Waals surface area contributed by atoms with Gasteiger partial charge in [0.2, 0.25) is 0 Å². The predicted octanol–water partition coefficient (Wildman–Crippen LogP) is 1.34. The van der Waals surface area contributed by atoms with Gasteiger partial charge in [0.25, 0.3) is 5.91 Å². The molecule has 0 saturated carbocycles. The third-order valence-electron chi connectivity index (χ3n) is 4.73. The molecule has 3 atom stereocenters. The van der Waals surface area contributed by atoms with Gasteiger partial charge in [-0.2, -0.15) is 0 Å². The van der Waals surface area contributed by atoms with Gasteiger partial charge >= 0.3 is 19.8 Å². The first kappa shape index (κ1) is 25.8. The molecule has 3 N–H and O–H groups in total. The van der Waals surface area contributed by atoms with Crippen LogP contribution < -0.4 is 15.6 Å². The fourth-order valence-corrected chi connectivity index (χ4v) is 4.53. The van der Waals surface area contributed by atoms with E-state index in [1.54, 1.807) is 26.0 Å². The van der Waals surface area contributed by atoms with Crippen molar-refractivity contribution in [1.29, 1.82) is 0 Å². The highest BCUT2D eigenvalue weighted by Gasteiger charge is 2.49. The molecule has 0 radical (unpaired) electrons. The number of hydrogen-bond acceptors (Lipinski definition) is 10. The summed E-state index contributed by atoms with van der Waals surface area (Å²) in [5.41, 5.74) is 5.69. The standard InChI is InChI=1S/C20H29N2O9P/c1-20(2)12-29-32(26,31-17(20)18(24)22-10-9-16(23)27-3)30-14-7-5-13(6-8-14)11-15(21)19(25)28-4/h5-8,15,17H,9-12,21H2,1-4H3,(H,22,24)/t15-,17-,32+/m0/s1. The molecule has 1 amide bonds. The Morgan fingerprint density at radius 3 is 2.47 bits per heavy atom. The number of esters is 2. The van der Waals surface area contributed by atoms with Crippen LogP contribution in [0, 0.1) is 5.41 Å². The lowest BCUT2D eigenvalue weighted by Crippen LogP contribution is -2.50. The zero-order valence-corrected chi connectivity index (χ0v) is 19.4. The van der Waals surface area contributed by atoms with Crippen LogP contribution in [0.1, 0.15) is 25.8 Å². The molecule has 1 aromatic carbocycles. The molecule has 0 bridgehead atoms. The molecule has 1 aromatic rings. The number of nitrogens with two attached hydrogens (primary N) is 1. The first-order chi connectivity index (χ1) is 15.0. The topological polar surface area (TPSA) is 152 Å². The summed E-state index contributed by atoms with van der Waals surface area (Å²) in [6.45, 7) is 3.44. The number of carbonyl (C=O) groups excluding carboxylic acids is 3. The highest BCUT2D eigenvalue weighted by Crippen LogP contribution is 2.56. The second-order valence-corrected chi connectivity index (χ2v) is 9.43. The molecule has 11 nitrogen and oxygen atoms in total. The fourth-order valence-electron chi connectivity index (χ4n) is 2.86.